The first-order valence-electron chi connectivity index (χ1n) is 11.8. The average Bonchev–Trinajstić information content (AvgIpc) is 3.22. The molecule has 1 atom stereocenters. The molecule has 7 nitrogen and oxygen atoms in total. The van der Waals surface area contributed by atoms with E-state index in [9.17, 15) is 9.59 Å². The number of hydrogen-bond donors (Lipinski definition) is 0. The third kappa shape index (κ3) is 3.35. The predicted molar refractivity (Wildman–Crippen MR) is 130 cm³/mol. The summed E-state index contributed by atoms with van der Waals surface area (Å²) in [6, 6.07) is 16.6. The van der Waals surface area contributed by atoms with E-state index < -0.39 is 0 Å². The van der Waals surface area contributed by atoms with Crippen molar-refractivity contribution in [2.45, 2.75) is 12.3 Å². The van der Waals surface area contributed by atoms with Crippen LogP contribution in [-0.2, 0) is 4.79 Å². The Kier molecular flexibility index (Phi) is 4.64. The lowest BCUT2D eigenvalue weighted by Gasteiger charge is -2.30. The molecule has 0 saturated heterocycles. The average molecular weight is 480 g/mol. The van der Waals surface area contributed by atoms with Gasteiger partial charge in [-0.25, -0.2) is 0 Å². The number of allylic oxidation sites excluding steroid dienone is 1. The quantitative estimate of drug-likeness (QED) is 0.292. The minimum atomic E-state index is -0.330. The van der Waals surface area contributed by atoms with Gasteiger partial charge in [0.1, 0.15) is 37.1 Å². The Morgan fingerprint density at radius 2 is 1.64 bits per heavy atom. The Morgan fingerprint density at radius 1 is 0.806 bits per heavy atom. The summed E-state index contributed by atoms with van der Waals surface area (Å²) in [5.74, 6) is 2.26. The van der Waals surface area contributed by atoms with E-state index in [1.807, 2.05) is 48.5 Å². The maximum atomic E-state index is 13.3. The monoisotopic (exact) mass is 480 g/mol. The van der Waals surface area contributed by atoms with Crippen molar-refractivity contribution in [2.24, 2.45) is 0 Å². The summed E-state index contributed by atoms with van der Waals surface area (Å²) in [5, 5.41) is 0. The Labute approximate surface area is 206 Å². The van der Waals surface area contributed by atoms with Crippen LogP contribution in [0.15, 0.2) is 65.9 Å². The van der Waals surface area contributed by atoms with Crippen LogP contribution in [0.3, 0.4) is 0 Å². The Hall–Kier alpha value is -4.52. The van der Waals surface area contributed by atoms with Gasteiger partial charge in [-0.05, 0) is 53.6 Å². The van der Waals surface area contributed by atoms with E-state index in [-0.39, 0.29) is 29.9 Å². The van der Waals surface area contributed by atoms with Gasteiger partial charge in [-0.3, -0.25) is 9.59 Å². The minimum Gasteiger partial charge on any atom is -0.489 e. The fraction of sp³-hybridized carbons (Fsp3) is 0.172. The van der Waals surface area contributed by atoms with Crippen LogP contribution in [0.1, 0.15) is 39.4 Å². The fourth-order valence-electron chi connectivity index (χ4n) is 5.06. The second-order valence-electron chi connectivity index (χ2n) is 8.97. The summed E-state index contributed by atoms with van der Waals surface area (Å²) >= 11 is 0. The third-order valence-electron chi connectivity index (χ3n) is 6.75. The third-order valence-corrected chi connectivity index (χ3v) is 6.75. The summed E-state index contributed by atoms with van der Waals surface area (Å²) in [4.78, 5) is 25.8. The molecule has 0 aliphatic carbocycles. The Bertz CT molecular complexity index is 1510. The molecule has 4 heterocycles. The molecule has 0 spiro atoms. The zero-order valence-corrected chi connectivity index (χ0v) is 19.1. The molecule has 3 aromatic rings. The molecule has 0 radical (unpaired) electrons. The van der Waals surface area contributed by atoms with E-state index in [1.54, 1.807) is 18.2 Å². The van der Waals surface area contributed by atoms with Crippen molar-refractivity contribution >= 4 is 23.9 Å². The van der Waals surface area contributed by atoms with E-state index >= 15 is 0 Å². The van der Waals surface area contributed by atoms with Crippen molar-refractivity contribution < 1.29 is 33.3 Å². The number of hydrogen-bond acceptors (Lipinski definition) is 7. The molecule has 0 bridgehead atoms. The van der Waals surface area contributed by atoms with Crippen molar-refractivity contribution in [3.63, 3.8) is 0 Å². The number of Topliss-reactive ketones (excluding diaryl/α,β-unsaturated/α-hetero) is 1. The highest BCUT2D eigenvalue weighted by Gasteiger charge is 2.39. The van der Waals surface area contributed by atoms with Crippen molar-refractivity contribution in [1.82, 2.24) is 0 Å². The summed E-state index contributed by atoms with van der Waals surface area (Å²) in [6.07, 6.45) is 3.88. The van der Waals surface area contributed by atoms with Gasteiger partial charge >= 0.3 is 5.97 Å². The number of rotatable bonds is 2. The molecular weight excluding hydrogens is 460 g/mol. The second kappa shape index (κ2) is 8.02. The van der Waals surface area contributed by atoms with E-state index in [4.69, 9.17) is 23.7 Å². The first-order valence-corrected chi connectivity index (χ1v) is 11.8. The van der Waals surface area contributed by atoms with Crippen LogP contribution in [0.4, 0.5) is 0 Å². The van der Waals surface area contributed by atoms with Gasteiger partial charge in [0.15, 0.2) is 17.3 Å². The van der Waals surface area contributed by atoms with Gasteiger partial charge in [0, 0.05) is 17.0 Å². The maximum absolute atomic E-state index is 13.3. The molecule has 0 unspecified atom stereocenters. The summed E-state index contributed by atoms with van der Waals surface area (Å²) in [5.41, 5.74) is 3.77. The highest BCUT2D eigenvalue weighted by atomic mass is 16.6. The van der Waals surface area contributed by atoms with Crippen molar-refractivity contribution in [2.75, 3.05) is 19.8 Å². The van der Waals surface area contributed by atoms with Gasteiger partial charge in [-0.15, -0.1) is 0 Å². The minimum absolute atomic E-state index is 0.138. The van der Waals surface area contributed by atoms with Crippen LogP contribution >= 0.6 is 0 Å². The lowest BCUT2D eigenvalue weighted by atomic mass is 9.83. The predicted octanol–water partition coefficient (Wildman–Crippen LogP) is 4.94. The topological polar surface area (TPSA) is 80.3 Å². The molecule has 0 N–H and O–H groups in total. The summed E-state index contributed by atoms with van der Waals surface area (Å²) in [7, 11) is 0. The molecule has 178 valence electrons. The number of ketones is 1. The lowest BCUT2D eigenvalue weighted by Crippen LogP contribution is -2.24. The standard InChI is InChI=1S/C29H20O7/c30-26-14-20(18-13-17-3-1-2-4-21(17)34-15-18)27-23(35-26)8-6-19-28(31)25(36-29(19)27)12-16-5-7-22-24(11-16)33-10-9-32-22/h1-8,11-13,20H,9-10,14-15H2/b25-12-/t20-/m1/s1. The van der Waals surface area contributed by atoms with Crippen LogP contribution in [0.25, 0.3) is 12.2 Å². The Morgan fingerprint density at radius 3 is 2.56 bits per heavy atom. The van der Waals surface area contributed by atoms with E-state index in [0.29, 0.717) is 53.9 Å². The van der Waals surface area contributed by atoms with Gasteiger partial charge in [0.05, 0.1) is 12.0 Å². The molecule has 0 aromatic heterocycles. The fourth-order valence-corrected chi connectivity index (χ4v) is 5.06. The van der Waals surface area contributed by atoms with Gasteiger partial charge in [-0.2, -0.15) is 0 Å². The molecule has 36 heavy (non-hydrogen) atoms. The molecule has 0 amide bonds. The number of para-hydroxylation sites is 1. The SMILES string of the molecule is O=C1C[C@H](C2=Cc3ccccc3OC2)c2c(ccc3c2O/C(=C\c2ccc4c(c2)OCCO4)C3=O)O1. The number of esters is 1. The van der Waals surface area contributed by atoms with Gasteiger partial charge in [0.2, 0.25) is 5.78 Å². The van der Waals surface area contributed by atoms with E-state index in [2.05, 4.69) is 0 Å². The largest absolute Gasteiger partial charge is 0.489 e. The second-order valence-corrected chi connectivity index (χ2v) is 8.97. The van der Waals surface area contributed by atoms with Crippen molar-refractivity contribution in [3.05, 3.63) is 88.2 Å². The normalized spacial score (nSPS) is 20.4. The van der Waals surface area contributed by atoms with Gasteiger partial charge in [-0.1, -0.05) is 24.3 Å². The lowest BCUT2D eigenvalue weighted by molar-refractivity contribution is -0.135. The van der Waals surface area contributed by atoms with Crippen LogP contribution in [0.2, 0.25) is 0 Å². The van der Waals surface area contributed by atoms with Gasteiger partial charge in [0.25, 0.3) is 0 Å². The molecule has 7 heteroatoms. The smallest absolute Gasteiger partial charge is 0.312 e. The Balaban J connectivity index is 1.28. The zero-order valence-electron chi connectivity index (χ0n) is 19.1. The first-order chi connectivity index (χ1) is 17.6. The van der Waals surface area contributed by atoms with Gasteiger partial charge < -0.3 is 23.7 Å². The zero-order chi connectivity index (χ0) is 24.2. The highest BCUT2D eigenvalue weighted by molar-refractivity contribution is 6.15. The number of fused-ring (bicyclic) bond motifs is 5. The van der Waals surface area contributed by atoms with Crippen molar-refractivity contribution in [1.29, 1.82) is 0 Å². The van der Waals surface area contributed by atoms with Crippen LogP contribution in [-0.4, -0.2) is 31.6 Å². The highest BCUT2D eigenvalue weighted by Crippen LogP contribution is 2.50. The molecule has 0 saturated carbocycles. The van der Waals surface area contributed by atoms with Crippen molar-refractivity contribution in [3.8, 4) is 28.7 Å². The maximum Gasteiger partial charge on any atom is 0.312 e. The molecular formula is C29H20O7. The molecule has 7 rings (SSSR count). The number of carbonyl (C=O) groups excluding carboxylic acids is 2. The molecule has 0 fully saturated rings. The number of benzene rings is 3. The van der Waals surface area contributed by atoms with Crippen LogP contribution in [0.5, 0.6) is 28.7 Å². The molecule has 3 aromatic carbocycles. The molecule has 4 aliphatic rings. The summed E-state index contributed by atoms with van der Waals surface area (Å²) in [6.45, 7) is 1.32. The van der Waals surface area contributed by atoms with E-state index in [1.165, 1.54) is 0 Å². The first kappa shape index (κ1) is 20.8. The van der Waals surface area contributed by atoms with Crippen LogP contribution < -0.4 is 23.7 Å². The van der Waals surface area contributed by atoms with E-state index in [0.717, 1.165) is 22.4 Å². The summed E-state index contributed by atoms with van der Waals surface area (Å²) < 4.78 is 28.9. The van der Waals surface area contributed by atoms with Crippen LogP contribution in [0, 0.1) is 0 Å². The number of ether oxygens (including phenoxy) is 5. The number of carbonyl (C=O) groups is 2. The molecule has 4 aliphatic heterocycles.